The van der Waals surface area contributed by atoms with E-state index >= 15 is 0 Å². The number of benzene rings is 2. The van der Waals surface area contributed by atoms with E-state index in [2.05, 4.69) is 0 Å². The van der Waals surface area contributed by atoms with Crippen molar-refractivity contribution in [3.8, 4) is 11.5 Å². The molecule has 6 atom stereocenters. The Balaban J connectivity index is 1.94. The highest BCUT2D eigenvalue weighted by Crippen LogP contribution is 2.32. The maximum atomic E-state index is 11.6. The summed E-state index contributed by atoms with van der Waals surface area (Å²) < 4.78 is 11.2. The second-order valence-corrected chi connectivity index (χ2v) is 7.23. The van der Waals surface area contributed by atoms with E-state index < -0.39 is 55.1 Å². The van der Waals surface area contributed by atoms with Gasteiger partial charge in [-0.05, 0) is 29.3 Å². The first-order valence-corrected chi connectivity index (χ1v) is 9.52. The third-order valence-corrected chi connectivity index (χ3v) is 5.16. The molecule has 1 saturated heterocycles. The number of aromatic carboxylic acids is 1. The summed E-state index contributed by atoms with van der Waals surface area (Å²) in [6.07, 6.45) is -8.51. The average Bonchev–Trinajstić information content (AvgIpc) is 2.73. The zero-order valence-corrected chi connectivity index (χ0v) is 16.3. The maximum absolute atomic E-state index is 11.6. The summed E-state index contributed by atoms with van der Waals surface area (Å²) in [5, 5.41) is 68.6. The molecule has 0 aromatic heterocycles. The fourth-order valence-corrected chi connectivity index (χ4v) is 3.48. The summed E-state index contributed by atoms with van der Waals surface area (Å²) in [7, 11) is 0. The summed E-state index contributed by atoms with van der Waals surface area (Å²) >= 11 is 0. The van der Waals surface area contributed by atoms with E-state index in [0.717, 1.165) is 0 Å². The van der Waals surface area contributed by atoms with Gasteiger partial charge in [-0.25, -0.2) is 4.79 Å². The van der Waals surface area contributed by atoms with Crippen LogP contribution in [-0.2, 0) is 15.9 Å². The molecular formula is C21H24O10. The number of rotatable bonds is 7. The minimum Gasteiger partial charge on any atom is -0.508 e. The van der Waals surface area contributed by atoms with Gasteiger partial charge >= 0.3 is 5.97 Å². The van der Waals surface area contributed by atoms with Gasteiger partial charge in [-0.15, -0.1) is 0 Å². The first-order valence-electron chi connectivity index (χ1n) is 9.52. The first kappa shape index (κ1) is 22.9. The standard InChI is InChI=1S/C21H24O10/c22-9-15-17(25)18(26)19(27)21(31-15)30-14(10-4-6-12(23)7-5-10)8-11-2-1-3-13(24)16(11)20(28)29/h1-7,14-15,17-19,21-27H,8-9H2,(H,28,29)/t14-,15-,17-,18+,19+,21-/m1/s1. The Bertz CT molecular complexity index is 898. The van der Waals surface area contributed by atoms with Crippen molar-refractivity contribution >= 4 is 5.97 Å². The van der Waals surface area contributed by atoms with Gasteiger partial charge in [-0.2, -0.15) is 0 Å². The molecule has 1 fully saturated rings. The molecule has 7 N–H and O–H groups in total. The van der Waals surface area contributed by atoms with E-state index in [1.807, 2.05) is 0 Å². The number of phenolic OH excluding ortho intramolecular Hbond substituents is 1. The summed E-state index contributed by atoms with van der Waals surface area (Å²) in [5.41, 5.74) is 0.397. The van der Waals surface area contributed by atoms with Crippen LogP contribution < -0.4 is 0 Å². The van der Waals surface area contributed by atoms with Crippen LogP contribution in [0.4, 0.5) is 0 Å². The number of aromatic hydroxyl groups is 2. The van der Waals surface area contributed by atoms with E-state index in [9.17, 15) is 40.5 Å². The van der Waals surface area contributed by atoms with Crippen LogP contribution in [-0.4, -0.2) is 79.0 Å². The van der Waals surface area contributed by atoms with Crippen molar-refractivity contribution in [3.05, 3.63) is 59.2 Å². The molecule has 1 aliphatic rings. The topological polar surface area (TPSA) is 177 Å². The van der Waals surface area contributed by atoms with Gasteiger partial charge < -0.3 is 45.2 Å². The number of hydrogen-bond donors (Lipinski definition) is 7. The zero-order valence-electron chi connectivity index (χ0n) is 16.3. The highest BCUT2D eigenvalue weighted by Gasteiger charge is 2.45. The number of carboxylic acid groups (broad SMARTS) is 1. The molecule has 168 valence electrons. The van der Waals surface area contributed by atoms with Crippen molar-refractivity contribution in [2.45, 2.75) is 43.2 Å². The molecule has 0 aliphatic carbocycles. The van der Waals surface area contributed by atoms with Crippen LogP contribution in [0.3, 0.4) is 0 Å². The third-order valence-electron chi connectivity index (χ3n) is 5.16. The molecule has 2 aromatic carbocycles. The number of phenols is 2. The van der Waals surface area contributed by atoms with Gasteiger partial charge in [0.15, 0.2) is 6.29 Å². The van der Waals surface area contributed by atoms with Gasteiger partial charge in [-0.1, -0.05) is 24.3 Å². The molecule has 0 spiro atoms. The minimum absolute atomic E-state index is 0.0149. The molecule has 31 heavy (non-hydrogen) atoms. The van der Waals surface area contributed by atoms with Gasteiger partial charge in [0.2, 0.25) is 0 Å². The molecule has 0 bridgehead atoms. The molecule has 0 radical (unpaired) electrons. The van der Waals surface area contributed by atoms with Gasteiger partial charge in [0, 0.05) is 6.42 Å². The Kier molecular flexibility index (Phi) is 7.11. The number of hydrogen-bond acceptors (Lipinski definition) is 9. The van der Waals surface area contributed by atoms with Gasteiger partial charge in [0.1, 0.15) is 41.5 Å². The molecule has 1 heterocycles. The molecule has 10 nitrogen and oxygen atoms in total. The Morgan fingerprint density at radius 1 is 1.00 bits per heavy atom. The number of ether oxygens (including phenoxy) is 2. The summed E-state index contributed by atoms with van der Waals surface area (Å²) in [5.74, 6) is -1.79. The Labute approximate surface area is 177 Å². The third kappa shape index (κ3) is 4.96. The molecule has 10 heteroatoms. The lowest BCUT2D eigenvalue weighted by Crippen LogP contribution is -2.59. The largest absolute Gasteiger partial charge is 0.508 e. The molecule has 1 aliphatic heterocycles. The van der Waals surface area contributed by atoms with E-state index in [4.69, 9.17) is 9.47 Å². The van der Waals surface area contributed by atoms with Crippen LogP contribution in [0.15, 0.2) is 42.5 Å². The Morgan fingerprint density at radius 3 is 2.29 bits per heavy atom. The van der Waals surface area contributed by atoms with E-state index in [1.54, 1.807) is 0 Å². The number of carbonyl (C=O) groups is 1. The highest BCUT2D eigenvalue weighted by atomic mass is 16.7. The minimum atomic E-state index is -1.65. The monoisotopic (exact) mass is 436 g/mol. The van der Waals surface area contributed by atoms with Crippen molar-refractivity contribution in [1.29, 1.82) is 0 Å². The molecular weight excluding hydrogens is 412 g/mol. The lowest BCUT2D eigenvalue weighted by molar-refractivity contribution is -0.312. The van der Waals surface area contributed by atoms with Crippen LogP contribution in [0, 0.1) is 0 Å². The lowest BCUT2D eigenvalue weighted by atomic mass is 9.96. The molecule has 0 amide bonds. The van der Waals surface area contributed by atoms with Gasteiger partial charge in [-0.3, -0.25) is 0 Å². The quantitative estimate of drug-likeness (QED) is 0.310. The molecule has 0 unspecified atom stereocenters. The Morgan fingerprint density at radius 2 is 1.68 bits per heavy atom. The summed E-state index contributed by atoms with van der Waals surface area (Å²) in [4.78, 5) is 11.6. The lowest BCUT2D eigenvalue weighted by Gasteiger charge is -2.41. The molecule has 3 rings (SSSR count). The van der Waals surface area contributed by atoms with Crippen molar-refractivity contribution in [3.63, 3.8) is 0 Å². The second kappa shape index (κ2) is 9.60. The zero-order chi connectivity index (χ0) is 22.7. The second-order valence-electron chi connectivity index (χ2n) is 7.23. The van der Waals surface area contributed by atoms with E-state index in [1.165, 1.54) is 42.5 Å². The van der Waals surface area contributed by atoms with Crippen LogP contribution in [0.5, 0.6) is 11.5 Å². The maximum Gasteiger partial charge on any atom is 0.339 e. The van der Waals surface area contributed by atoms with E-state index in [0.29, 0.717) is 5.56 Å². The predicted molar refractivity (Wildman–Crippen MR) is 104 cm³/mol. The molecule has 0 saturated carbocycles. The Hall–Kier alpha value is -2.73. The van der Waals surface area contributed by atoms with Crippen molar-refractivity contribution < 1.29 is 50.0 Å². The smallest absolute Gasteiger partial charge is 0.339 e. The number of carboxylic acids is 1. The SMILES string of the molecule is O=C(O)c1c(O)cccc1C[C@@H](O[C@@H]1O[C@H](CO)[C@@H](O)[C@H](O)[C@@H]1O)c1ccc(O)cc1. The fraction of sp³-hybridized carbons (Fsp3) is 0.381. The van der Waals surface area contributed by atoms with Crippen molar-refractivity contribution in [1.82, 2.24) is 0 Å². The number of aliphatic hydroxyl groups is 4. The summed E-state index contributed by atoms with van der Waals surface area (Å²) in [6.45, 7) is -0.635. The van der Waals surface area contributed by atoms with Crippen molar-refractivity contribution in [2.24, 2.45) is 0 Å². The normalized spacial score (nSPS) is 27.0. The molecule has 2 aromatic rings. The van der Waals surface area contributed by atoms with Gasteiger partial charge in [0.25, 0.3) is 0 Å². The predicted octanol–water partition coefficient (Wildman–Crippen LogP) is -0.104. The van der Waals surface area contributed by atoms with Gasteiger partial charge in [0.05, 0.1) is 12.7 Å². The van der Waals surface area contributed by atoms with Crippen LogP contribution in [0.2, 0.25) is 0 Å². The van der Waals surface area contributed by atoms with Crippen molar-refractivity contribution in [2.75, 3.05) is 6.61 Å². The number of aliphatic hydroxyl groups excluding tert-OH is 4. The van der Waals surface area contributed by atoms with Crippen LogP contribution in [0.25, 0.3) is 0 Å². The van der Waals surface area contributed by atoms with Crippen LogP contribution >= 0.6 is 0 Å². The fourth-order valence-electron chi connectivity index (χ4n) is 3.48. The van der Waals surface area contributed by atoms with E-state index in [-0.39, 0.29) is 23.3 Å². The highest BCUT2D eigenvalue weighted by molar-refractivity contribution is 5.92. The van der Waals surface area contributed by atoms with Crippen LogP contribution in [0.1, 0.15) is 27.6 Å². The summed E-state index contributed by atoms with van der Waals surface area (Å²) in [6, 6.07) is 10.0. The first-order chi connectivity index (χ1) is 14.7. The average molecular weight is 436 g/mol.